The van der Waals surface area contributed by atoms with Crippen molar-refractivity contribution in [1.82, 2.24) is 0 Å². The summed E-state index contributed by atoms with van der Waals surface area (Å²) in [6.07, 6.45) is 1.40. The van der Waals surface area contributed by atoms with Crippen LogP contribution >= 0.6 is 15.9 Å². The molecule has 2 fully saturated rings. The van der Waals surface area contributed by atoms with Crippen LogP contribution < -0.4 is 0 Å². The van der Waals surface area contributed by atoms with Gasteiger partial charge in [0.1, 0.15) is 0 Å². The minimum Gasteiger partial charge on any atom is -0.412 e. The highest BCUT2D eigenvalue weighted by atomic mass is 79.9. The van der Waals surface area contributed by atoms with Gasteiger partial charge in [-0.3, -0.25) is 9.35 Å². The van der Waals surface area contributed by atoms with Gasteiger partial charge in [-0.2, -0.15) is 8.42 Å². The second-order valence-electron chi connectivity index (χ2n) is 5.44. The molecule has 100 valence electrons. The van der Waals surface area contributed by atoms with Crippen molar-refractivity contribution in [2.24, 2.45) is 16.7 Å². The fourth-order valence-corrected chi connectivity index (χ4v) is 6.12. The van der Waals surface area contributed by atoms with Crippen molar-refractivity contribution in [2.45, 2.75) is 31.5 Å². The molecule has 0 aliphatic heterocycles. The van der Waals surface area contributed by atoms with E-state index in [4.69, 9.17) is 4.55 Å². The Hall–Kier alpha value is 0.0200. The predicted octanol–water partition coefficient (Wildman–Crippen LogP) is 0.818. The van der Waals surface area contributed by atoms with E-state index in [-0.39, 0.29) is 27.4 Å². The first-order valence-electron chi connectivity index (χ1n) is 5.25. The summed E-state index contributed by atoms with van der Waals surface area (Å²) >= 11 is 3.35. The van der Waals surface area contributed by atoms with Gasteiger partial charge in [-0.1, -0.05) is 29.8 Å². The topological polar surface area (TPSA) is 103 Å². The van der Waals surface area contributed by atoms with E-state index in [1.165, 1.54) is 0 Å². The molecule has 0 amide bonds. The molecule has 0 aromatic carbocycles. The maximum atomic E-state index is 12.2. The maximum absolute atomic E-state index is 12.2. The minimum absolute atomic E-state index is 0. The van der Waals surface area contributed by atoms with Crippen LogP contribution in [-0.2, 0) is 14.9 Å². The molecule has 0 radical (unpaired) electrons. The van der Waals surface area contributed by atoms with E-state index in [0.717, 1.165) is 6.42 Å². The van der Waals surface area contributed by atoms with E-state index >= 15 is 0 Å². The van der Waals surface area contributed by atoms with Crippen LogP contribution in [0.5, 0.6) is 0 Å². The molecule has 0 aromatic heterocycles. The van der Waals surface area contributed by atoms with E-state index in [2.05, 4.69) is 15.9 Å². The van der Waals surface area contributed by atoms with Gasteiger partial charge in [0.2, 0.25) is 0 Å². The summed E-state index contributed by atoms with van der Waals surface area (Å²) in [4.78, 5) is 11.9. The van der Waals surface area contributed by atoms with Gasteiger partial charge in [0.15, 0.2) is 5.78 Å². The van der Waals surface area contributed by atoms with Crippen molar-refractivity contribution in [3.63, 3.8) is 0 Å². The molecule has 2 aliphatic rings. The quantitative estimate of drug-likeness (QED) is 0.598. The Morgan fingerprint density at radius 3 is 2.35 bits per heavy atom. The zero-order chi connectivity index (χ0) is 12.4. The van der Waals surface area contributed by atoms with Gasteiger partial charge in [0, 0.05) is 0 Å². The molecule has 17 heavy (non-hydrogen) atoms. The predicted molar refractivity (Wildman–Crippen MR) is 66.7 cm³/mol. The van der Waals surface area contributed by atoms with Gasteiger partial charge < -0.3 is 5.48 Å². The molecule has 3 N–H and O–H groups in total. The van der Waals surface area contributed by atoms with Gasteiger partial charge in [0.25, 0.3) is 10.1 Å². The third-order valence-corrected chi connectivity index (χ3v) is 6.46. The number of hydrogen-bond acceptors (Lipinski definition) is 3. The second kappa shape index (κ2) is 4.01. The normalized spacial score (nSPS) is 39.2. The molecule has 2 saturated carbocycles. The molecule has 0 unspecified atom stereocenters. The summed E-state index contributed by atoms with van der Waals surface area (Å²) in [7, 11) is -4.12. The van der Waals surface area contributed by atoms with Crippen LogP contribution in [0.3, 0.4) is 0 Å². The highest BCUT2D eigenvalue weighted by Gasteiger charge is 2.69. The van der Waals surface area contributed by atoms with Crippen LogP contribution in [0.4, 0.5) is 0 Å². The van der Waals surface area contributed by atoms with E-state index in [1.54, 1.807) is 0 Å². The Kier molecular flexibility index (Phi) is 3.56. The molecule has 0 aromatic rings. The molecule has 0 spiro atoms. The van der Waals surface area contributed by atoms with Crippen LogP contribution in [0.2, 0.25) is 0 Å². The number of hydrogen-bond donors (Lipinski definition) is 1. The summed E-state index contributed by atoms with van der Waals surface area (Å²) in [5.74, 6) is -0.335. The van der Waals surface area contributed by atoms with E-state index < -0.39 is 21.3 Å². The van der Waals surface area contributed by atoms with E-state index in [1.807, 2.05) is 13.8 Å². The molecule has 2 bridgehead atoms. The number of alkyl halides is 1. The van der Waals surface area contributed by atoms with Crippen LogP contribution in [-0.4, -0.2) is 34.8 Å². The first-order chi connectivity index (χ1) is 7.12. The fourth-order valence-electron chi connectivity index (χ4n) is 3.48. The number of rotatable bonds is 2. The van der Waals surface area contributed by atoms with Crippen molar-refractivity contribution < 1.29 is 23.2 Å². The summed E-state index contributed by atoms with van der Waals surface area (Å²) in [5.41, 5.74) is -1.27. The number of fused-ring (bicyclic) bond motifs is 2. The summed E-state index contributed by atoms with van der Waals surface area (Å²) in [6, 6.07) is 0. The Morgan fingerprint density at radius 1 is 1.47 bits per heavy atom. The lowest BCUT2D eigenvalue weighted by atomic mass is 9.70. The lowest BCUT2D eigenvalue weighted by Gasteiger charge is -2.35. The monoisotopic (exact) mass is 328 g/mol. The second-order valence-corrected chi connectivity index (χ2v) is 7.88. The SMILES string of the molecule is CC1(C)[C@H]2CC[C@@]1(CS(=O)(=O)O)C(=O)[C@H]2Br.O. The van der Waals surface area contributed by atoms with Gasteiger partial charge >= 0.3 is 0 Å². The average molecular weight is 329 g/mol. The van der Waals surface area contributed by atoms with Gasteiger partial charge in [0.05, 0.1) is 16.0 Å². The Balaban J connectivity index is 0.00000144. The first kappa shape index (κ1) is 15.1. The molecule has 2 rings (SSSR count). The van der Waals surface area contributed by atoms with Crippen molar-refractivity contribution in [2.75, 3.05) is 5.75 Å². The highest BCUT2D eigenvalue weighted by molar-refractivity contribution is 9.10. The third kappa shape index (κ3) is 1.87. The Bertz CT molecular complexity index is 444. The summed E-state index contributed by atoms with van der Waals surface area (Å²) < 4.78 is 31.2. The van der Waals surface area contributed by atoms with Gasteiger partial charge in [-0.25, -0.2) is 0 Å². The number of ketones is 1. The fraction of sp³-hybridized carbons (Fsp3) is 0.900. The van der Waals surface area contributed by atoms with E-state index in [0.29, 0.717) is 6.42 Å². The highest BCUT2D eigenvalue weighted by Crippen LogP contribution is 2.65. The Morgan fingerprint density at radius 2 is 2.00 bits per heavy atom. The van der Waals surface area contributed by atoms with Crippen LogP contribution in [0, 0.1) is 16.7 Å². The number of Topliss-reactive ketones (excluding diaryl/α,β-unsaturated/α-hetero) is 1. The lowest BCUT2D eigenvalue weighted by molar-refractivity contribution is -0.127. The molecule has 5 nitrogen and oxygen atoms in total. The molecule has 0 saturated heterocycles. The van der Waals surface area contributed by atoms with Crippen molar-refractivity contribution in [3.05, 3.63) is 0 Å². The van der Waals surface area contributed by atoms with E-state index in [9.17, 15) is 13.2 Å². The number of halogens is 1. The number of carbonyl (C=O) groups is 1. The molecule has 3 atom stereocenters. The molecular formula is C10H17BrO5S. The molecule has 0 heterocycles. The summed E-state index contributed by atoms with van der Waals surface area (Å²) in [5, 5.41) is 0. The van der Waals surface area contributed by atoms with Crippen LogP contribution in [0.25, 0.3) is 0 Å². The average Bonchev–Trinajstić information content (AvgIpc) is 2.39. The zero-order valence-corrected chi connectivity index (χ0v) is 12.1. The maximum Gasteiger partial charge on any atom is 0.265 e. The Labute approximate surface area is 109 Å². The van der Waals surface area contributed by atoms with Gasteiger partial charge in [-0.05, 0) is 24.2 Å². The lowest BCUT2D eigenvalue weighted by Crippen LogP contribution is -2.43. The molecular weight excluding hydrogens is 312 g/mol. The molecule has 2 aliphatic carbocycles. The smallest absolute Gasteiger partial charge is 0.265 e. The largest absolute Gasteiger partial charge is 0.412 e. The standard InChI is InChI=1S/C10H15BrO4S.H2O/c1-9(2)6-3-4-10(9,5-16(13,14)15)8(12)7(6)11;/h6-7H,3-5H2,1-2H3,(H,13,14,15);1H2/t6-,7-,10+;/m0./s1. The first-order valence-corrected chi connectivity index (χ1v) is 7.78. The van der Waals surface area contributed by atoms with Crippen LogP contribution in [0.15, 0.2) is 0 Å². The van der Waals surface area contributed by atoms with Crippen molar-refractivity contribution in [1.29, 1.82) is 0 Å². The minimum atomic E-state index is -4.12. The van der Waals surface area contributed by atoms with Gasteiger partial charge in [-0.15, -0.1) is 0 Å². The summed E-state index contributed by atoms with van der Waals surface area (Å²) in [6.45, 7) is 3.85. The zero-order valence-electron chi connectivity index (χ0n) is 9.73. The van der Waals surface area contributed by atoms with Crippen molar-refractivity contribution >= 4 is 31.8 Å². The van der Waals surface area contributed by atoms with Crippen LogP contribution in [0.1, 0.15) is 26.7 Å². The molecule has 7 heteroatoms. The number of carbonyl (C=O) groups excluding carboxylic acids is 1. The third-order valence-electron chi connectivity index (χ3n) is 4.55. The van der Waals surface area contributed by atoms with Crippen molar-refractivity contribution in [3.8, 4) is 0 Å².